The third-order valence-corrected chi connectivity index (χ3v) is 4.54. The maximum atomic E-state index is 12.0. The van der Waals surface area contributed by atoms with Crippen LogP contribution in [0.2, 0.25) is 0 Å². The van der Waals surface area contributed by atoms with Crippen LogP contribution >= 0.6 is 15.9 Å². The fraction of sp³-hybridized carbons (Fsp3) is 0.562. The van der Waals surface area contributed by atoms with Crippen LogP contribution in [0.1, 0.15) is 36.0 Å². The standard InChI is InChI=1S/C16H22BrNO2/c17-15-5-3-14(4-6-15)16(20)2-1-9-18-10-7-13(12-19)8-11-18/h3-6,13,19H,1-2,7-12H2. The van der Waals surface area contributed by atoms with Gasteiger partial charge in [-0.05, 0) is 56.9 Å². The van der Waals surface area contributed by atoms with Crippen molar-refractivity contribution < 1.29 is 9.90 Å². The molecule has 1 fully saturated rings. The molecule has 0 bridgehead atoms. The zero-order chi connectivity index (χ0) is 14.4. The molecule has 1 aromatic carbocycles. The van der Waals surface area contributed by atoms with Crippen LogP contribution in [0.25, 0.3) is 0 Å². The second kappa shape index (κ2) is 7.91. The molecule has 1 aromatic rings. The predicted octanol–water partition coefficient (Wildman–Crippen LogP) is 3.12. The van der Waals surface area contributed by atoms with E-state index in [9.17, 15) is 4.79 Å². The first-order chi connectivity index (χ1) is 9.69. The minimum atomic E-state index is 0.225. The zero-order valence-electron chi connectivity index (χ0n) is 11.7. The monoisotopic (exact) mass is 339 g/mol. The molecule has 2 rings (SSSR count). The van der Waals surface area contributed by atoms with Gasteiger partial charge in [-0.2, -0.15) is 0 Å². The van der Waals surface area contributed by atoms with Gasteiger partial charge in [-0.15, -0.1) is 0 Å². The molecule has 20 heavy (non-hydrogen) atoms. The number of nitrogens with zero attached hydrogens (tertiary/aromatic N) is 1. The van der Waals surface area contributed by atoms with E-state index in [2.05, 4.69) is 20.8 Å². The highest BCUT2D eigenvalue weighted by atomic mass is 79.9. The van der Waals surface area contributed by atoms with E-state index < -0.39 is 0 Å². The average Bonchev–Trinajstić information content (AvgIpc) is 2.48. The molecule has 1 saturated heterocycles. The van der Waals surface area contributed by atoms with Gasteiger partial charge in [-0.3, -0.25) is 4.79 Å². The maximum absolute atomic E-state index is 12.0. The Hall–Kier alpha value is -0.710. The summed E-state index contributed by atoms with van der Waals surface area (Å²) in [7, 11) is 0. The number of Topliss-reactive ketones (excluding diaryl/α,β-unsaturated/α-hetero) is 1. The molecule has 110 valence electrons. The predicted molar refractivity (Wildman–Crippen MR) is 84.0 cm³/mol. The van der Waals surface area contributed by atoms with E-state index in [1.165, 1.54) is 0 Å². The number of aliphatic hydroxyl groups excluding tert-OH is 1. The fourth-order valence-electron chi connectivity index (χ4n) is 2.64. The number of rotatable bonds is 6. The van der Waals surface area contributed by atoms with Crippen molar-refractivity contribution in [2.24, 2.45) is 5.92 Å². The van der Waals surface area contributed by atoms with Crippen LogP contribution in [0.3, 0.4) is 0 Å². The number of carbonyl (C=O) groups excluding carboxylic acids is 1. The first-order valence-corrected chi connectivity index (χ1v) is 8.10. The Labute approximate surface area is 129 Å². The van der Waals surface area contributed by atoms with Crippen molar-refractivity contribution in [1.82, 2.24) is 4.90 Å². The molecular formula is C16H22BrNO2. The summed E-state index contributed by atoms with van der Waals surface area (Å²) >= 11 is 3.37. The summed E-state index contributed by atoms with van der Waals surface area (Å²) < 4.78 is 1.00. The molecule has 0 amide bonds. The lowest BCUT2D eigenvalue weighted by atomic mass is 9.97. The van der Waals surface area contributed by atoms with Gasteiger partial charge >= 0.3 is 0 Å². The fourth-order valence-corrected chi connectivity index (χ4v) is 2.90. The van der Waals surface area contributed by atoms with Crippen LogP contribution in [0.4, 0.5) is 0 Å². The van der Waals surface area contributed by atoms with Crippen LogP contribution in [-0.2, 0) is 0 Å². The van der Waals surface area contributed by atoms with Gasteiger partial charge in [-0.1, -0.05) is 28.1 Å². The number of piperidine rings is 1. The zero-order valence-corrected chi connectivity index (χ0v) is 13.3. The van der Waals surface area contributed by atoms with Crippen molar-refractivity contribution in [2.45, 2.75) is 25.7 Å². The van der Waals surface area contributed by atoms with Crippen molar-refractivity contribution in [3.05, 3.63) is 34.3 Å². The molecule has 3 nitrogen and oxygen atoms in total. The molecular weight excluding hydrogens is 318 g/mol. The summed E-state index contributed by atoms with van der Waals surface area (Å²) in [5.41, 5.74) is 0.798. The lowest BCUT2D eigenvalue weighted by molar-refractivity contribution is 0.0964. The maximum Gasteiger partial charge on any atom is 0.162 e. The number of aliphatic hydroxyl groups is 1. The minimum absolute atomic E-state index is 0.225. The minimum Gasteiger partial charge on any atom is -0.396 e. The summed E-state index contributed by atoms with van der Waals surface area (Å²) in [6, 6.07) is 7.57. The van der Waals surface area contributed by atoms with E-state index in [1.807, 2.05) is 24.3 Å². The van der Waals surface area contributed by atoms with Crippen LogP contribution in [0.5, 0.6) is 0 Å². The molecule has 1 heterocycles. The van der Waals surface area contributed by atoms with Crippen molar-refractivity contribution >= 4 is 21.7 Å². The largest absolute Gasteiger partial charge is 0.396 e. The SMILES string of the molecule is O=C(CCCN1CCC(CO)CC1)c1ccc(Br)cc1. The number of carbonyl (C=O) groups is 1. The van der Waals surface area contributed by atoms with Crippen molar-refractivity contribution in [1.29, 1.82) is 0 Å². The van der Waals surface area contributed by atoms with E-state index >= 15 is 0 Å². The molecule has 1 aliphatic rings. The second-order valence-electron chi connectivity index (χ2n) is 5.50. The van der Waals surface area contributed by atoms with E-state index in [1.54, 1.807) is 0 Å². The summed E-state index contributed by atoms with van der Waals surface area (Å²) in [4.78, 5) is 14.4. The highest BCUT2D eigenvalue weighted by molar-refractivity contribution is 9.10. The highest BCUT2D eigenvalue weighted by Crippen LogP contribution is 2.17. The van der Waals surface area contributed by atoms with Crippen LogP contribution in [0, 0.1) is 5.92 Å². The Morgan fingerprint density at radius 3 is 2.50 bits per heavy atom. The Kier molecular flexibility index (Phi) is 6.20. The smallest absolute Gasteiger partial charge is 0.162 e. The van der Waals surface area contributed by atoms with E-state index in [0.29, 0.717) is 18.9 Å². The lowest BCUT2D eigenvalue weighted by Crippen LogP contribution is -2.35. The quantitative estimate of drug-likeness (QED) is 0.809. The third-order valence-electron chi connectivity index (χ3n) is 4.01. The van der Waals surface area contributed by atoms with Gasteiger partial charge in [0.25, 0.3) is 0 Å². The summed E-state index contributed by atoms with van der Waals surface area (Å²) in [5.74, 6) is 0.707. The second-order valence-corrected chi connectivity index (χ2v) is 6.42. The highest BCUT2D eigenvalue weighted by Gasteiger charge is 2.18. The molecule has 1 N–H and O–H groups in total. The van der Waals surface area contributed by atoms with E-state index in [-0.39, 0.29) is 5.78 Å². The molecule has 0 radical (unpaired) electrons. The molecule has 1 aliphatic heterocycles. The van der Waals surface area contributed by atoms with Gasteiger partial charge < -0.3 is 10.0 Å². The Morgan fingerprint density at radius 2 is 1.90 bits per heavy atom. The van der Waals surface area contributed by atoms with Gasteiger partial charge in [0.1, 0.15) is 0 Å². The summed E-state index contributed by atoms with van der Waals surface area (Å²) in [6.07, 6.45) is 3.69. The van der Waals surface area contributed by atoms with Gasteiger partial charge in [-0.25, -0.2) is 0 Å². The van der Waals surface area contributed by atoms with Crippen LogP contribution in [-0.4, -0.2) is 42.0 Å². The number of ketones is 1. The first kappa shape index (κ1) is 15.7. The number of halogens is 1. The lowest BCUT2D eigenvalue weighted by Gasteiger charge is -2.30. The topological polar surface area (TPSA) is 40.5 Å². The Bertz CT molecular complexity index is 425. The molecule has 0 aromatic heterocycles. The average molecular weight is 340 g/mol. The van der Waals surface area contributed by atoms with Gasteiger partial charge in [0.05, 0.1) is 0 Å². The Balaban J connectivity index is 1.68. The van der Waals surface area contributed by atoms with Crippen LogP contribution in [0.15, 0.2) is 28.7 Å². The van der Waals surface area contributed by atoms with Gasteiger partial charge in [0.15, 0.2) is 5.78 Å². The van der Waals surface area contributed by atoms with Crippen molar-refractivity contribution in [3.8, 4) is 0 Å². The summed E-state index contributed by atoms with van der Waals surface area (Å²) in [5, 5.41) is 9.11. The van der Waals surface area contributed by atoms with E-state index in [0.717, 1.165) is 48.9 Å². The number of hydrogen-bond acceptors (Lipinski definition) is 3. The van der Waals surface area contributed by atoms with Gasteiger partial charge in [0, 0.05) is 23.1 Å². The summed E-state index contributed by atoms with van der Waals surface area (Å²) in [6.45, 7) is 3.41. The Morgan fingerprint density at radius 1 is 1.25 bits per heavy atom. The van der Waals surface area contributed by atoms with Gasteiger partial charge in [0.2, 0.25) is 0 Å². The molecule has 0 aliphatic carbocycles. The third kappa shape index (κ3) is 4.69. The van der Waals surface area contributed by atoms with Crippen LogP contribution < -0.4 is 0 Å². The van der Waals surface area contributed by atoms with Crippen molar-refractivity contribution in [3.63, 3.8) is 0 Å². The number of hydrogen-bond donors (Lipinski definition) is 1. The molecule has 0 unspecified atom stereocenters. The molecule has 4 heteroatoms. The number of benzene rings is 1. The normalized spacial score (nSPS) is 17.3. The molecule has 0 spiro atoms. The van der Waals surface area contributed by atoms with Crippen molar-refractivity contribution in [2.75, 3.05) is 26.2 Å². The molecule has 0 atom stereocenters. The number of likely N-dealkylation sites (tertiary alicyclic amines) is 1. The van der Waals surface area contributed by atoms with E-state index in [4.69, 9.17) is 5.11 Å². The first-order valence-electron chi connectivity index (χ1n) is 7.31. The molecule has 0 saturated carbocycles.